The minimum Gasteiger partial charge on any atom is -0.375 e. The van der Waals surface area contributed by atoms with Crippen LogP contribution in [-0.2, 0) is 4.74 Å². The maximum atomic E-state index is 6.03. The Labute approximate surface area is 113 Å². The lowest BCUT2D eigenvalue weighted by molar-refractivity contribution is -0.147. The molecule has 1 spiro atoms. The van der Waals surface area contributed by atoms with E-state index >= 15 is 0 Å². The monoisotopic (exact) mass is 266 g/mol. The number of thiazole rings is 1. The van der Waals surface area contributed by atoms with E-state index in [0.717, 1.165) is 19.6 Å². The second kappa shape index (κ2) is 5.27. The van der Waals surface area contributed by atoms with E-state index in [1.54, 1.807) is 11.3 Å². The summed E-state index contributed by atoms with van der Waals surface area (Å²) in [6.07, 6.45) is 6.24. The molecule has 1 N–H and O–H groups in total. The van der Waals surface area contributed by atoms with Gasteiger partial charge in [0.1, 0.15) is 0 Å². The summed E-state index contributed by atoms with van der Waals surface area (Å²) in [7, 11) is 0. The molecule has 0 radical (unpaired) electrons. The van der Waals surface area contributed by atoms with Crippen LogP contribution in [0.5, 0.6) is 0 Å². The molecule has 1 aromatic heterocycles. The molecule has 100 valence electrons. The predicted molar refractivity (Wildman–Crippen MR) is 73.8 cm³/mol. The smallest absolute Gasteiger partial charge is 0.0795 e. The van der Waals surface area contributed by atoms with E-state index in [9.17, 15) is 0 Å². The standard InChI is InChI=1S/C14H22N2OS/c1-2-15-13(12-9-18-10-16-12)11-4-7-17-14(8-11)5-3-6-14/h9-11,13,15H,2-8H2,1H3. The molecule has 18 heavy (non-hydrogen) atoms. The summed E-state index contributed by atoms with van der Waals surface area (Å²) >= 11 is 1.70. The normalized spacial score (nSPS) is 27.9. The van der Waals surface area contributed by atoms with Crippen molar-refractivity contribution in [3.05, 3.63) is 16.6 Å². The van der Waals surface area contributed by atoms with Gasteiger partial charge in [0, 0.05) is 12.0 Å². The van der Waals surface area contributed by atoms with Gasteiger partial charge in [-0.05, 0) is 44.6 Å². The summed E-state index contributed by atoms with van der Waals surface area (Å²) in [5.41, 5.74) is 3.40. The van der Waals surface area contributed by atoms with Gasteiger partial charge < -0.3 is 10.1 Å². The van der Waals surface area contributed by atoms with Crippen molar-refractivity contribution >= 4 is 11.3 Å². The lowest BCUT2D eigenvalue weighted by Gasteiger charge is -2.48. The molecular weight excluding hydrogens is 244 g/mol. The van der Waals surface area contributed by atoms with Gasteiger partial charge in [-0.15, -0.1) is 11.3 Å². The fraction of sp³-hybridized carbons (Fsp3) is 0.786. The largest absolute Gasteiger partial charge is 0.375 e. The molecule has 2 fully saturated rings. The first-order valence-corrected chi connectivity index (χ1v) is 8.03. The van der Waals surface area contributed by atoms with Crippen LogP contribution in [0.3, 0.4) is 0 Å². The van der Waals surface area contributed by atoms with Crippen molar-refractivity contribution in [1.29, 1.82) is 0 Å². The highest BCUT2D eigenvalue weighted by Crippen LogP contribution is 2.47. The van der Waals surface area contributed by atoms with Crippen LogP contribution in [0.1, 0.15) is 50.8 Å². The van der Waals surface area contributed by atoms with Gasteiger partial charge in [-0.25, -0.2) is 4.98 Å². The minimum absolute atomic E-state index is 0.229. The Morgan fingerprint density at radius 1 is 1.61 bits per heavy atom. The average molecular weight is 266 g/mol. The topological polar surface area (TPSA) is 34.2 Å². The van der Waals surface area contributed by atoms with Crippen LogP contribution < -0.4 is 5.32 Å². The van der Waals surface area contributed by atoms with Crippen LogP contribution in [0.2, 0.25) is 0 Å². The van der Waals surface area contributed by atoms with Gasteiger partial charge >= 0.3 is 0 Å². The molecule has 3 rings (SSSR count). The first kappa shape index (κ1) is 12.6. The number of nitrogens with one attached hydrogen (secondary N) is 1. The molecule has 3 nitrogen and oxygen atoms in total. The third kappa shape index (κ3) is 2.33. The SMILES string of the molecule is CCNC(c1cscn1)C1CCOC2(CCC2)C1. The molecule has 1 aromatic rings. The third-order valence-electron chi connectivity index (χ3n) is 4.46. The van der Waals surface area contributed by atoms with E-state index in [2.05, 4.69) is 22.6 Å². The molecule has 2 unspecified atom stereocenters. The summed E-state index contributed by atoms with van der Waals surface area (Å²) < 4.78 is 6.03. The molecule has 1 aliphatic carbocycles. The summed E-state index contributed by atoms with van der Waals surface area (Å²) in [6, 6.07) is 0.419. The van der Waals surface area contributed by atoms with Crippen LogP contribution >= 0.6 is 11.3 Å². The average Bonchev–Trinajstić information content (AvgIpc) is 2.88. The highest BCUT2D eigenvalue weighted by molar-refractivity contribution is 7.07. The van der Waals surface area contributed by atoms with Crippen molar-refractivity contribution in [1.82, 2.24) is 10.3 Å². The second-order valence-electron chi connectivity index (χ2n) is 5.59. The summed E-state index contributed by atoms with van der Waals surface area (Å²) in [6.45, 7) is 4.11. The van der Waals surface area contributed by atoms with Gasteiger partial charge in [-0.1, -0.05) is 6.92 Å². The quantitative estimate of drug-likeness (QED) is 0.909. The van der Waals surface area contributed by atoms with Crippen molar-refractivity contribution in [3.8, 4) is 0 Å². The van der Waals surface area contributed by atoms with Crippen LogP contribution in [0.15, 0.2) is 10.9 Å². The van der Waals surface area contributed by atoms with Crippen molar-refractivity contribution in [2.75, 3.05) is 13.2 Å². The molecule has 1 saturated carbocycles. The fourth-order valence-electron chi connectivity index (χ4n) is 3.38. The van der Waals surface area contributed by atoms with Gasteiger partial charge in [-0.2, -0.15) is 0 Å². The van der Waals surface area contributed by atoms with Gasteiger partial charge in [0.2, 0.25) is 0 Å². The summed E-state index contributed by atoms with van der Waals surface area (Å²) in [5, 5.41) is 5.82. The fourth-order valence-corrected chi connectivity index (χ4v) is 3.97. The van der Waals surface area contributed by atoms with E-state index in [4.69, 9.17) is 4.74 Å². The zero-order valence-corrected chi connectivity index (χ0v) is 11.8. The van der Waals surface area contributed by atoms with Gasteiger partial charge in [0.05, 0.1) is 22.8 Å². The number of aromatic nitrogens is 1. The van der Waals surface area contributed by atoms with Crippen molar-refractivity contribution in [2.45, 2.75) is 50.7 Å². The Kier molecular flexibility index (Phi) is 3.68. The Morgan fingerprint density at radius 2 is 2.50 bits per heavy atom. The van der Waals surface area contributed by atoms with Crippen molar-refractivity contribution in [2.24, 2.45) is 5.92 Å². The van der Waals surface area contributed by atoms with Crippen molar-refractivity contribution in [3.63, 3.8) is 0 Å². The molecule has 0 aromatic carbocycles. The molecule has 0 amide bonds. The predicted octanol–water partition coefficient (Wildman–Crippen LogP) is 3.14. The Bertz CT molecular complexity index is 375. The lowest BCUT2D eigenvalue weighted by Crippen LogP contribution is -2.48. The molecule has 1 saturated heterocycles. The highest BCUT2D eigenvalue weighted by Gasteiger charge is 2.44. The molecular formula is C14H22N2OS. The first-order valence-electron chi connectivity index (χ1n) is 7.08. The summed E-state index contributed by atoms with van der Waals surface area (Å²) in [4.78, 5) is 4.52. The molecule has 2 aliphatic rings. The number of hydrogen-bond donors (Lipinski definition) is 1. The molecule has 2 heterocycles. The van der Waals surface area contributed by atoms with E-state index in [-0.39, 0.29) is 5.60 Å². The van der Waals surface area contributed by atoms with Crippen LogP contribution in [0.25, 0.3) is 0 Å². The van der Waals surface area contributed by atoms with Gasteiger partial charge in [0.25, 0.3) is 0 Å². The summed E-state index contributed by atoms with van der Waals surface area (Å²) in [5.74, 6) is 0.682. The maximum Gasteiger partial charge on any atom is 0.0795 e. The third-order valence-corrected chi connectivity index (χ3v) is 5.07. The minimum atomic E-state index is 0.229. The number of ether oxygens (including phenoxy) is 1. The van der Waals surface area contributed by atoms with Crippen LogP contribution in [-0.4, -0.2) is 23.7 Å². The zero-order chi connectivity index (χ0) is 12.4. The van der Waals surface area contributed by atoms with Crippen LogP contribution in [0, 0.1) is 5.92 Å². The van der Waals surface area contributed by atoms with E-state index in [1.165, 1.54) is 31.4 Å². The molecule has 2 atom stereocenters. The number of rotatable bonds is 4. The van der Waals surface area contributed by atoms with Gasteiger partial charge in [-0.3, -0.25) is 0 Å². The van der Waals surface area contributed by atoms with Crippen LogP contribution in [0.4, 0.5) is 0 Å². The van der Waals surface area contributed by atoms with Crippen molar-refractivity contribution < 1.29 is 4.74 Å². The molecule has 4 heteroatoms. The maximum absolute atomic E-state index is 6.03. The Morgan fingerprint density at radius 3 is 3.11 bits per heavy atom. The van der Waals surface area contributed by atoms with E-state index in [0.29, 0.717) is 12.0 Å². The number of nitrogens with zero attached hydrogens (tertiary/aromatic N) is 1. The lowest BCUT2D eigenvalue weighted by atomic mass is 9.70. The molecule has 1 aliphatic heterocycles. The first-order chi connectivity index (χ1) is 8.83. The van der Waals surface area contributed by atoms with E-state index < -0.39 is 0 Å². The highest BCUT2D eigenvalue weighted by atomic mass is 32.1. The van der Waals surface area contributed by atoms with E-state index in [1.807, 2.05) is 5.51 Å². The Balaban J connectivity index is 1.73. The van der Waals surface area contributed by atoms with Gasteiger partial charge in [0.15, 0.2) is 0 Å². The zero-order valence-electron chi connectivity index (χ0n) is 11.0. The Hall–Kier alpha value is -0.450. The second-order valence-corrected chi connectivity index (χ2v) is 6.31. The number of hydrogen-bond acceptors (Lipinski definition) is 4. The molecule has 0 bridgehead atoms.